The molecule has 1 atom stereocenters. The average Bonchev–Trinajstić information content (AvgIpc) is 3.58. The topological polar surface area (TPSA) is 114 Å². The second kappa shape index (κ2) is 8.49. The van der Waals surface area contributed by atoms with Gasteiger partial charge in [-0.05, 0) is 56.9 Å². The normalized spacial score (nSPS) is 19.7. The zero-order valence-electron chi connectivity index (χ0n) is 17.4. The second-order valence-electron chi connectivity index (χ2n) is 8.44. The molecule has 9 heteroatoms. The standard InChI is InChI=1S/C21H29ClN6OS/c1-12-20(30-16-5-8-25-18(24)17(16)22)27-15(11-29)19(26-12)28-9-6-21(7-10-28,13(2)23)14-3-4-14/h5,8,13-14,29H,3-4,6-7,9-11,23H2,1-2H3,(H2,24,25). The Kier molecular flexibility index (Phi) is 6.12. The minimum Gasteiger partial charge on any atom is -0.390 e. The van der Waals surface area contributed by atoms with Crippen LogP contribution in [0.15, 0.2) is 22.2 Å². The smallest absolute Gasteiger partial charge is 0.153 e. The number of rotatable bonds is 6. The molecule has 0 spiro atoms. The molecular weight excluding hydrogens is 420 g/mol. The first-order valence-electron chi connectivity index (χ1n) is 10.4. The highest BCUT2D eigenvalue weighted by atomic mass is 35.5. The molecule has 2 aromatic heterocycles. The molecule has 7 nitrogen and oxygen atoms in total. The van der Waals surface area contributed by atoms with Crippen LogP contribution in [0.2, 0.25) is 5.02 Å². The molecule has 0 amide bonds. The highest BCUT2D eigenvalue weighted by Crippen LogP contribution is 2.53. The Morgan fingerprint density at radius 1 is 1.33 bits per heavy atom. The van der Waals surface area contributed by atoms with E-state index in [1.54, 1.807) is 12.3 Å². The fraction of sp³-hybridized carbons (Fsp3) is 0.571. The number of pyridine rings is 1. The number of nitrogen functional groups attached to an aromatic ring is 1. The number of halogens is 1. The fourth-order valence-corrected chi connectivity index (χ4v) is 5.74. The van der Waals surface area contributed by atoms with Crippen molar-refractivity contribution < 1.29 is 5.11 Å². The number of nitrogens with two attached hydrogens (primary N) is 2. The van der Waals surface area contributed by atoms with Gasteiger partial charge in [-0.15, -0.1) is 0 Å². The summed E-state index contributed by atoms with van der Waals surface area (Å²) in [7, 11) is 0. The molecule has 0 bridgehead atoms. The van der Waals surface area contributed by atoms with Gasteiger partial charge in [0.05, 0.1) is 17.3 Å². The Bertz CT molecular complexity index is 924. The van der Waals surface area contributed by atoms with Gasteiger partial charge in [-0.25, -0.2) is 15.0 Å². The van der Waals surface area contributed by atoms with Crippen LogP contribution in [0.3, 0.4) is 0 Å². The van der Waals surface area contributed by atoms with Crippen molar-refractivity contribution >= 4 is 35.0 Å². The Morgan fingerprint density at radius 3 is 2.63 bits per heavy atom. The minimum atomic E-state index is -0.167. The molecule has 162 valence electrons. The first-order valence-corrected chi connectivity index (χ1v) is 11.6. The van der Waals surface area contributed by atoms with Crippen molar-refractivity contribution in [1.29, 1.82) is 0 Å². The molecule has 0 radical (unpaired) electrons. The third kappa shape index (κ3) is 3.98. The summed E-state index contributed by atoms with van der Waals surface area (Å²) in [6, 6.07) is 2.00. The van der Waals surface area contributed by atoms with Gasteiger partial charge in [0.1, 0.15) is 16.5 Å². The van der Waals surface area contributed by atoms with Crippen molar-refractivity contribution in [2.45, 2.75) is 62.1 Å². The number of aliphatic hydroxyl groups excluding tert-OH is 1. The van der Waals surface area contributed by atoms with Crippen molar-refractivity contribution in [3.05, 3.63) is 28.7 Å². The zero-order valence-corrected chi connectivity index (χ0v) is 19.0. The van der Waals surface area contributed by atoms with E-state index in [1.807, 2.05) is 6.92 Å². The van der Waals surface area contributed by atoms with Gasteiger partial charge in [-0.1, -0.05) is 23.4 Å². The van der Waals surface area contributed by atoms with Gasteiger partial charge in [-0.3, -0.25) is 0 Å². The first kappa shape index (κ1) is 21.6. The van der Waals surface area contributed by atoms with Gasteiger partial charge in [0, 0.05) is 30.2 Å². The lowest BCUT2D eigenvalue weighted by Crippen LogP contribution is -2.50. The van der Waals surface area contributed by atoms with Gasteiger partial charge < -0.3 is 21.5 Å². The van der Waals surface area contributed by atoms with Crippen LogP contribution in [0.25, 0.3) is 0 Å². The van der Waals surface area contributed by atoms with Gasteiger partial charge in [0.15, 0.2) is 5.82 Å². The van der Waals surface area contributed by atoms with Gasteiger partial charge in [0.2, 0.25) is 0 Å². The van der Waals surface area contributed by atoms with Crippen LogP contribution in [0.5, 0.6) is 0 Å². The lowest BCUT2D eigenvalue weighted by atomic mass is 9.69. The average molecular weight is 449 g/mol. The van der Waals surface area contributed by atoms with Crippen LogP contribution in [0.4, 0.5) is 11.6 Å². The summed E-state index contributed by atoms with van der Waals surface area (Å²) in [5, 5.41) is 11.1. The van der Waals surface area contributed by atoms with Gasteiger partial charge in [-0.2, -0.15) is 0 Å². The Morgan fingerprint density at radius 2 is 2.03 bits per heavy atom. The Hall–Kier alpha value is -1.61. The second-order valence-corrected chi connectivity index (χ2v) is 9.84. The molecule has 2 aliphatic rings. The van der Waals surface area contributed by atoms with E-state index in [1.165, 1.54) is 24.6 Å². The van der Waals surface area contributed by atoms with E-state index >= 15 is 0 Å². The summed E-state index contributed by atoms with van der Waals surface area (Å²) in [4.78, 5) is 16.6. The fourth-order valence-electron chi connectivity index (χ4n) is 4.63. The van der Waals surface area contributed by atoms with E-state index in [4.69, 9.17) is 33.0 Å². The summed E-state index contributed by atoms with van der Waals surface area (Å²) >= 11 is 7.66. The SMILES string of the molecule is Cc1nc(N2CCC(C(C)N)(C3CC3)CC2)c(CO)nc1Sc1ccnc(N)c1Cl. The van der Waals surface area contributed by atoms with Crippen LogP contribution in [-0.4, -0.2) is 39.2 Å². The Labute approximate surface area is 186 Å². The van der Waals surface area contributed by atoms with Crippen LogP contribution in [0, 0.1) is 18.3 Å². The predicted molar refractivity (Wildman–Crippen MR) is 121 cm³/mol. The Balaban J connectivity index is 1.56. The lowest BCUT2D eigenvalue weighted by molar-refractivity contribution is 0.142. The number of aromatic nitrogens is 3. The molecule has 1 saturated carbocycles. The largest absolute Gasteiger partial charge is 0.390 e. The van der Waals surface area contributed by atoms with Crippen LogP contribution >= 0.6 is 23.4 Å². The number of hydrogen-bond donors (Lipinski definition) is 3. The van der Waals surface area contributed by atoms with Crippen LogP contribution < -0.4 is 16.4 Å². The highest BCUT2D eigenvalue weighted by Gasteiger charge is 2.49. The number of anilines is 2. The van der Waals surface area contributed by atoms with Crippen molar-refractivity contribution in [3.63, 3.8) is 0 Å². The van der Waals surface area contributed by atoms with E-state index in [0.717, 1.165) is 48.3 Å². The maximum Gasteiger partial charge on any atom is 0.153 e. The van der Waals surface area contributed by atoms with E-state index in [0.29, 0.717) is 15.7 Å². The molecule has 0 aromatic carbocycles. The molecule has 1 unspecified atom stereocenters. The molecule has 4 rings (SSSR count). The van der Waals surface area contributed by atoms with Crippen molar-refractivity contribution in [1.82, 2.24) is 15.0 Å². The van der Waals surface area contributed by atoms with E-state index in [2.05, 4.69) is 16.8 Å². The van der Waals surface area contributed by atoms with Gasteiger partial charge in [0.25, 0.3) is 0 Å². The van der Waals surface area contributed by atoms with Crippen molar-refractivity contribution in [2.24, 2.45) is 17.1 Å². The monoisotopic (exact) mass is 448 g/mol. The van der Waals surface area contributed by atoms with Crippen molar-refractivity contribution in [2.75, 3.05) is 23.7 Å². The maximum atomic E-state index is 10.0. The molecule has 2 aromatic rings. The quantitative estimate of drug-likeness (QED) is 0.615. The van der Waals surface area contributed by atoms with Crippen LogP contribution in [0.1, 0.15) is 44.0 Å². The van der Waals surface area contributed by atoms with Crippen LogP contribution in [-0.2, 0) is 6.61 Å². The molecule has 1 aliphatic heterocycles. The lowest BCUT2D eigenvalue weighted by Gasteiger charge is -2.45. The minimum absolute atomic E-state index is 0.167. The summed E-state index contributed by atoms with van der Waals surface area (Å²) in [6.07, 6.45) is 6.34. The highest BCUT2D eigenvalue weighted by molar-refractivity contribution is 7.99. The third-order valence-electron chi connectivity index (χ3n) is 6.61. The molecule has 1 saturated heterocycles. The molecule has 30 heavy (non-hydrogen) atoms. The van der Waals surface area contributed by atoms with E-state index < -0.39 is 0 Å². The van der Waals surface area contributed by atoms with Crippen molar-refractivity contribution in [3.8, 4) is 0 Å². The molecule has 1 aliphatic carbocycles. The van der Waals surface area contributed by atoms with E-state index in [-0.39, 0.29) is 23.9 Å². The summed E-state index contributed by atoms with van der Waals surface area (Å²) in [5.41, 5.74) is 13.8. The molecule has 3 heterocycles. The summed E-state index contributed by atoms with van der Waals surface area (Å²) in [5.74, 6) is 1.82. The number of piperidine rings is 1. The molecule has 2 fully saturated rings. The zero-order chi connectivity index (χ0) is 21.5. The number of aliphatic hydroxyl groups is 1. The third-order valence-corrected chi connectivity index (χ3v) is 8.26. The van der Waals surface area contributed by atoms with Gasteiger partial charge >= 0.3 is 0 Å². The maximum absolute atomic E-state index is 10.0. The molecule has 5 N–H and O–H groups in total. The predicted octanol–water partition coefficient (Wildman–Crippen LogP) is 3.40. The van der Waals surface area contributed by atoms with E-state index in [9.17, 15) is 5.11 Å². The summed E-state index contributed by atoms with van der Waals surface area (Å²) < 4.78 is 0. The number of aryl methyl sites for hydroxylation is 1. The first-order chi connectivity index (χ1) is 14.4. The summed E-state index contributed by atoms with van der Waals surface area (Å²) in [6.45, 7) is 5.69. The number of hydrogen-bond acceptors (Lipinski definition) is 8. The number of nitrogens with zero attached hydrogens (tertiary/aromatic N) is 4. The molecular formula is C21H29ClN6OS.